The average molecular weight is 375 g/mol. The van der Waals surface area contributed by atoms with Crippen molar-refractivity contribution in [3.8, 4) is 11.3 Å². The number of carbonyl (C=O) groups is 2. The summed E-state index contributed by atoms with van der Waals surface area (Å²) in [7, 11) is 0. The molecule has 1 aromatic heterocycles. The molecule has 28 heavy (non-hydrogen) atoms. The van der Waals surface area contributed by atoms with Crippen LogP contribution >= 0.6 is 0 Å². The van der Waals surface area contributed by atoms with Crippen LogP contribution in [0.4, 0.5) is 0 Å². The van der Waals surface area contributed by atoms with Crippen LogP contribution in [-0.2, 0) is 9.53 Å². The summed E-state index contributed by atoms with van der Waals surface area (Å²) in [6.45, 7) is 9.10. The van der Waals surface area contributed by atoms with E-state index < -0.39 is 11.4 Å². The van der Waals surface area contributed by atoms with Crippen LogP contribution in [0.3, 0.4) is 0 Å². The second kappa shape index (κ2) is 7.55. The summed E-state index contributed by atoms with van der Waals surface area (Å²) >= 11 is 0. The fourth-order valence-electron chi connectivity index (χ4n) is 2.98. The third-order valence-corrected chi connectivity index (χ3v) is 4.84. The van der Waals surface area contributed by atoms with Gasteiger partial charge in [0.15, 0.2) is 12.4 Å². The molecule has 0 saturated heterocycles. The van der Waals surface area contributed by atoms with Gasteiger partial charge < -0.3 is 4.74 Å². The predicted molar refractivity (Wildman–Crippen MR) is 111 cm³/mol. The average Bonchev–Trinajstić information content (AvgIpc) is 2.65. The van der Waals surface area contributed by atoms with Crippen molar-refractivity contribution in [1.82, 2.24) is 4.98 Å². The first-order chi connectivity index (χ1) is 13.2. The van der Waals surface area contributed by atoms with Crippen LogP contribution in [0.2, 0.25) is 0 Å². The van der Waals surface area contributed by atoms with Crippen molar-refractivity contribution in [3.05, 3.63) is 65.2 Å². The second-order valence-electron chi connectivity index (χ2n) is 8.09. The van der Waals surface area contributed by atoms with E-state index in [2.05, 4.69) is 0 Å². The van der Waals surface area contributed by atoms with Gasteiger partial charge in [0.25, 0.3) is 0 Å². The van der Waals surface area contributed by atoms with E-state index in [4.69, 9.17) is 9.72 Å². The lowest BCUT2D eigenvalue weighted by molar-refractivity contribution is -0.129. The lowest BCUT2D eigenvalue weighted by Crippen LogP contribution is -2.26. The van der Waals surface area contributed by atoms with E-state index in [1.54, 1.807) is 0 Å². The number of esters is 1. The molecule has 0 fully saturated rings. The molecule has 0 amide bonds. The topological polar surface area (TPSA) is 56.3 Å². The smallest absolute Gasteiger partial charge is 0.339 e. The van der Waals surface area contributed by atoms with Crippen molar-refractivity contribution in [2.45, 2.75) is 34.6 Å². The summed E-state index contributed by atoms with van der Waals surface area (Å²) in [4.78, 5) is 29.9. The highest BCUT2D eigenvalue weighted by Gasteiger charge is 2.25. The highest BCUT2D eigenvalue weighted by molar-refractivity contribution is 6.07. The highest BCUT2D eigenvalue weighted by atomic mass is 16.5. The number of rotatable bonds is 4. The Balaban J connectivity index is 2.07. The van der Waals surface area contributed by atoms with Crippen molar-refractivity contribution < 1.29 is 14.3 Å². The molecule has 0 atom stereocenters. The van der Waals surface area contributed by atoms with Gasteiger partial charge in [0.1, 0.15) is 0 Å². The first-order valence-corrected chi connectivity index (χ1v) is 9.35. The third-order valence-electron chi connectivity index (χ3n) is 4.84. The van der Waals surface area contributed by atoms with Gasteiger partial charge >= 0.3 is 5.97 Å². The lowest BCUT2D eigenvalue weighted by atomic mass is 9.91. The number of carbonyl (C=O) groups excluding carboxylic acids is 2. The number of ketones is 1. The molecule has 4 heteroatoms. The minimum Gasteiger partial charge on any atom is -0.454 e. The molecule has 0 aliphatic carbocycles. The molecule has 0 radical (unpaired) electrons. The van der Waals surface area contributed by atoms with Crippen LogP contribution in [0.5, 0.6) is 0 Å². The highest BCUT2D eigenvalue weighted by Crippen LogP contribution is 2.30. The number of hydrogen-bond acceptors (Lipinski definition) is 4. The van der Waals surface area contributed by atoms with Gasteiger partial charge in [0.05, 0.1) is 16.8 Å². The van der Waals surface area contributed by atoms with E-state index in [9.17, 15) is 9.59 Å². The number of ether oxygens (including phenoxy) is 1. The molecule has 0 spiro atoms. The summed E-state index contributed by atoms with van der Waals surface area (Å²) < 4.78 is 5.40. The van der Waals surface area contributed by atoms with E-state index >= 15 is 0 Å². The second-order valence-corrected chi connectivity index (χ2v) is 8.09. The molecule has 0 N–H and O–H groups in total. The zero-order valence-corrected chi connectivity index (χ0v) is 17.0. The summed E-state index contributed by atoms with van der Waals surface area (Å²) in [6, 6.07) is 15.5. The van der Waals surface area contributed by atoms with Gasteiger partial charge in [0, 0.05) is 16.4 Å². The maximum Gasteiger partial charge on any atom is 0.339 e. The predicted octanol–water partition coefficient (Wildman–Crippen LogP) is 5.29. The van der Waals surface area contributed by atoms with Gasteiger partial charge in [-0.2, -0.15) is 0 Å². The van der Waals surface area contributed by atoms with Gasteiger partial charge in [-0.1, -0.05) is 68.8 Å². The summed E-state index contributed by atoms with van der Waals surface area (Å²) in [5.74, 6) is -0.613. The number of aromatic nitrogens is 1. The molecule has 0 unspecified atom stereocenters. The number of aryl methyl sites for hydroxylation is 1. The Hall–Kier alpha value is -3.01. The molecule has 0 aliphatic heterocycles. The number of benzene rings is 2. The SMILES string of the molecule is Cc1ccc(-c2nc3ccccc3c(C(=O)OCC(=O)C(C)(C)C)c2C)cc1. The maximum atomic E-state index is 12.9. The van der Waals surface area contributed by atoms with E-state index in [1.807, 2.05) is 83.1 Å². The standard InChI is InChI=1S/C24H25NO3/c1-15-10-12-17(13-11-15)22-16(2)21(18-8-6-7-9-19(18)25-22)23(27)28-14-20(26)24(3,4)5/h6-13H,14H2,1-5H3. The Labute approximate surface area is 165 Å². The molecule has 144 valence electrons. The van der Waals surface area contributed by atoms with Crippen molar-refractivity contribution in [2.24, 2.45) is 5.41 Å². The Kier molecular flexibility index (Phi) is 5.32. The fourth-order valence-corrected chi connectivity index (χ4v) is 2.98. The number of fused-ring (bicyclic) bond motifs is 1. The number of Topliss-reactive ketones (excluding diaryl/α,β-unsaturated/α-hetero) is 1. The number of nitrogens with zero attached hydrogens (tertiary/aromatic N) is 1. The summed E-state index contributed by atoms with van der Waals surface area (Å²) in [5.41, 5.74) is 4.21. The van der Waals surface area contributed by atoms with Crippen LogP contribution in [0.15, 0.2) is 48.5 Å². The van der Waals surface area contributed by atoms with E-state index in [0.717, 1.165) is 33.3 Å². The minimum absolute atomic E-state index is 0.115. The van der Waals surface area contributed by atoms with Crippen molar-refractivity contribution >= 4 is 22.7 Å². The first kappa shape index (κ1) is 19.7. The van der Waals surface area contributed by atoms with Crippen molar-refractivity contribution in [1.29, 1.82) is 0 Å². The quantitative estimate of drug-likeness (QED) is 0.581. The lowest BCUT2D eigenvalue weighted by Gasteiger charge is -2.18. The van der Waals surface area contributed by atoms with Crippen molar-refractivity contribution in [3.63, 3.8) is 0 Å². The minimum atomic E-state index is -0.553. The molecular formula is C24H25NO3. The Bertz CT molecular complexity index is 1040. The zero-order chi connectivity index (χ0) is 20.5. The number of para-hydroxylation sites is 1. The van der Waals surface area contributed by atoms with Gasteiger partial charge in [-0.05, 0) is 25.5 Å². The Morgan fingerprint density at radius 3 is 2.25 bits per heavy atom. The van der Waals surface area contributed by atoms with E-state index in [-0.39, 0.29) is 12.4 Å². The molecule has 0 aliphatic rings. The Morgan fingerprint density at radius 2 is 1.61 bits per heavy atom. The van der Waals surface area contributed by atoms with Crippen molar-refractivity contribution in [2.75, 3.05) is 6.61 Å². The molecule has 2 aromatic carbocycles. The Morgan fingerprint density at radius 1 is 0.964 bits per heavy atom. The number of hydrogen-bond donors (Lipinski definition) is 0. The van der Waals surface area contributed by atoms with Crippen LogP contribution in [0.25, 0.3) is 22.2 Å². The number of pyridine rings is 1. The maximum absolute atomic E-state index is 12.9. The zero-order valence-electron chi connectivity index (χ0n) is 17.0. The molecule has 3 aromatic rings. The molecule has 4 nitrogen and oxygen atoms in total. The van der Waals surface area contributed by atoms with Crippen LogP contribution < -0.4 is 0 Å². The van der Waals surface area contributed by atoms with Gasteiger partial charge in [-0.25, -0.2) is 9.78 Å². The third kappa shape index (κ3) is 3.96. The molecular weight excluding hydrogens is 350 g/mol. The molecule has 0 bridgehead atoms. The molecule has 3 rings (SSSR count). The summed E-state index contributed by atoms with van der Waals surface area (Å²) in [5, 5.41) is 0.726. The van der Waals surface area contributed by atoms with Gasteiger partial charge in [-0.3, -0.25) is 4.79 Å². The fraction of sp³-hybridized carbons (Fsp3) is 0.292. The first-order valence-electron chi connectivity index (χ1n) is 9.35. The normalized spacial score (nSPS) is 11.5. The largest absolute Gasteiger partial charge is 0.454 e. The monoisotopic (exact) mass is 375 g/mol. The van der Waals surface area contributed by atoms with Crippen LogP contribution in [0.1, 0.15) is 42.3 Å². The van der Waals surface area contributed by atoms with E-state index in [1.165, 1.54) is 0 Å². The summed E-state index contributed by atoms with van der Waals surface area (Å²) in [6.07, 6.45) is 0. The van der Waals surface area contributed by atoms with E-state index in [0.29, 0.717) is 5.56 Å². The molecule has 0 saturated carbocycles. The van der Waals surface area contributed by atoms with Gasteiger partial charge in [0.2, 0.25) is 0 Å². The van der Waals surface area contributed by atoms with Crippen LogP contribution in [0, 0.1) is 19.3 Å². The van der Waals surface area contributed by atoms with Gasteiger partial charge in [-0.15, -0.1) is 0 Å². The van der Waals surface area contributed by atoms with Crippen LogP contribution in [-0.4, -0.2) is 23.3 Å². The molecule has 1 heterocycles.